The van der Waals surface area contributed by atoms with Gasteiger partial charge in [0.15, 0.2) is 5.78 Å². The van der Waals surface area contributed by atoms with Crippen LogP contribution in [-0.2, 0) is 16.1 Å². The van der Waals surface area contributed by atoms with E-state index >= 15 is 0 Å². The zero-order valence-electron chi connectivity index (χ0n) is 13.4. The molecular weight excluding hydrogens is 286 g/mol. The predicted octanol–water partition coefficient (Wildman–Crippen LogP) is 4.51. The van der Waals surface area contributed by atoms with Crippen LogP contribution in [0.5, 0.6) is 0 Å². The molecular formula is C18H24F2O2. The summed E-state index contributed by atoms with van der Waals surface area (Å²) in [5, 5.41) is 0. The topological polar surface area (TPSA) is 26.3 Å². The van der Waals surface area contributed by atoms with Gasteiger partial charge in [-0.25, -0.2) is 8.78 Å². The molecule has 0 spiro atoms. The van der Waals surface area contributed by atoms with Crippen molar-refractivity contribution in [3.05, 3.63) is 35.4 Å². The van der Waals surface area contributed by atoms with Crippen molar-refractivity contribution in [2.75, 3.05) is 0 Å². The number of ketones is 1. The van der Waals surface area contributed by atoms with Gasteiger partial charge in [0, 0.05) is 12.5 Å². The van der Waals surface area contributed by atoms with Gasteiger partial charge in [0.2, 0.25) is 0 Å². The van der Waals surface area contributed by atoms with Crippen molar-refractivity contribution in [1.29, 1.82) is 0 Å². The average Bonchev–Trinajstić information content (AvgIpc) is 3.08. The molecule has 2 nitrogen and oxygen atoms in total. The quantitative estimate of drug-likeness (QED) is 0.706. The van der Waals surface area contributed by atoms with E-state index in [2.05, 4.69) is 6.92 Å². The maximum Gasteiger partial charge on any atom is 0.161 e. The third-order valence-corrected chi connectivity index (χ3v) is 4.14. The number of rotatable bonds is 8. The van der Waals surface area contributed by atoms with E-state index in [1.165, 1.54) is 12.1 Å². The Morgan fingerprint density at radius 1 is 1.27 bits per heavy atom. The van der Waals surface area contributed by atoms with E-state index in [1.807, 2.05) is 13.8 Å². The van der Waals surface area contributed by atoms with Crippen LogP contribution in [0.3, 0.4) is 0 Å². The minimum absolute atomic E-state index is 0.0598. The second-order valence-electron chi connectivity index (χ2n) is 6.85. The third-order valence-electron chi connectivity index (χ3n) is 4.14. The molecule has 1 aromatic carbocycles. The zero-order chi connectivity index (χ0) is 16.3. The normalized spacial score (nSPS) is 21.9. The van der Waals surface area contributed by atoms with E-state index < -0.39 is 17.7 Å². The smallest absolute Gasteiger partial charge is 0.161 e. The lowest BCUT2D eigenvalue weighted by Crippen LogP contribution is -2.26. The van der Waals surface area contributed by atoms with E-state index in [9.17, 15) is 13.6 Å². The summed E-state index contributed by atoms with van der Waals surface area (Å²) in [5.74, 6) is 0.293. The number of Topliss-reactive ketones (excluding diaryl/α,β-unsaturated/α-hetero) is 1. The Kier molecular flexibility index (Phi) is 5.68. The predicted molar refractivity (Wildman–Crippen MR) is 81.3 cm³/mol. The molecule has 1 aliphatic rings. The van der Waals surface area contributed by atoms with Crippen molar-refractivity contribution in [3.63, 3.8) is 0 Å². The summed E-state index contributed by atoms with van der Waals surface area (Å²) in [7, 11) is 0. The molecule has 0 amide bonds. The van der Waals surface area contributed by atoms with E-state index in [0.717, 1.165) is 12.5 Å². The Morgan fingerprint density at radius 2 is 1.86 bits per heavy atom. The molecule has 0 aromatic heterocycles. The van der Waals surface area contributed by atoms with E-state index in [1.54, 1.807) is 0 Å². The van der Waals surface area contributed by atoms with Crippen LogP contribution >= 0.6 is 0 Å². The third kappa shape index (κ3) is 5.16. The Morgan fingerprint density at radius 3 is 2.36 bits per heavy atom. The standard InChI is InChI=1S/C18H24F2O2/c1-11(2)4-17(21)18(8-14-5-12(14)3)22-10-13-6-15(19)9-16(20)7-13/h6-7,9,11-12,14,18H,4-5,8,10H2,1-3H3. The van der Waals surface area contributed by atoms with Crippen molar-refractivity contribution >= 4 is 5.78 Å². The molecule has 122 valence electrons. The van der Waals surface area contributed by atoms with E-state index in [4.69, 9.17) is 4.74 Å². The van der Waals surface area contributed by atoms with Crippen LogP contribution in [0.15, 0.2) is 18.2 Å². The minimum Gasteiger partial charge on any atom is -0.366 e. The van der Waals surface area contributed by atoms with Gasteiger partial charge in [-0.3, -0.25) is 4.79 Å². The Balaban J connectivity index is 1.97. The number of halogens is 2. The summed E-state index contributed by atoms with van der Waals surface area (Å²) < 4.78 is 32.1. The SMILES string of the molecule is CC(C)CC(=O)C(CC1CC1C)OCc1cc(F)cc(F)c1. The average molecular weight is 310 g/mol. The number of ether oxygens (including phenoxy) is 1. The van der Waals surface area contributed by atoms with Crippen molar-refractivity contribution in [3.8, 4) is 0 Å². The van der Waals surface area contributed by atoms with Gasteiger partial charge >= 0.3 is 0 Å². The fourth-order valence-electron chi connectivity index (χ4n) is 2.72. The second kappa shape index (κ2) is 7.32. The largest absolute Gasteiger partial charge is 0.366 e. The van der Waals surface area contributed by atoms with Gasteiger partial charge in [-0.05, 0) is 48.3 Å². The second-order valence-corrected chi connectivity index (χ2v) is 6.85. The fraction of sp³-hybridized carbons (Fsp3) is 0.611. The number of benzene rings is 1. The lowest BCUT2D eigenvalue weighted by molar-refractivity contribution is -0.133. The molecule has 3 atom stereocenters. The molecule has 0 N–H and O–H groups in total. The number of carbonyl (C=O) groups is 1. The molecule has 0 bridgehead atoms. The molecule has 1 saturated carbocycles. The fourth-order valence-corrected chi connectivity index (χ4v) is 2.72. The number of hydrogen-bond acceptors (Lipinski definition) is 2. The number of carbonyl (C=O) groups excluding carboxylic acids is 1. The molecule has 22 heavy (non-hydrogen) atoms. The first-order chi connectivity index (χ1) is 10.3. The van der Waals surface area contributed by atoms with Crippen molar-refractivity contribution in [2.45, 2.75) is 52.7 Å². The monoisotopic (exact) mass is 310 g/mol. The molecule has 0 aliphatic heterocycles. The van der Waals surface area contributed by atoms with Crippen LogP contribution in [0, 0.1) is 29.4 Å². The molecule has 0 heterocycles. The van der Waals surface area contributed by atoms with E-state index in [0.29, 0.717) is 30.2 Å². The maximum atomic E-state index is 13.2. The van der Waals surface area contributed by atoms with Crippen LogP contribution in [-0.4, -0.2) is 11.9 Å². The van der Waals surface area contributed by atoms with Crippen LogP contribution in [0.1, 0.15) is 45.6 Å². The van der Waals surface area contributed by atoms with Crippen LogP contribution in [0.25, 0.3) is 0 Å². The van der Waals surface area contributed by atoms with Crippen molar-refractivity contribution in [1.82, 2.24) is 0 Å². The van der Waals surface area contributed by atoms with Gasteiger partial charge in [-0.2, -0.15) is 0 Å². The van der Waals surface area contributed by atoms with Gasteiger partial charge in [0.1, 0.15) is 17.7 Å². The summed E-state index contributed by atoms with van der Waals surface area (Å²) in [6, 6.07) is 3.32. The lowest BCUT2D eigenvalue weighted by atomic mass is 9.99. The van der Waals surface area contributed by atoms with Gasteiger partial charge in [-0.15, -0.1) is 0 Å². The minimum atomic E-state index is -0.625. The molecule has 1 aliphatic carbocycles. The molecule has 4 heteroatoms. The van der Waals surface area contributed by atoms with Gasteiger partial charge < -0.3 is 4.74 Å². The lowest BCUT2D eigenvalue weighted by Gasteiger charge is -2.18. The summed E-state index contributed by atoms with van der Waals surface area (Å²) >= 11 is 0. The highest BCUT2D eigenvalue weighted by molar-refractivity contribution is 5.83. The first-order valence-electron chi connectivity index (χ1n) is 7.94. The zero-order valence-corrected chi connectivity index (χ0v) is 13.4. The highest BCUT2D eigenvalue weighted by Crippen LogP contribution is 2.42. The maximum absolute atomic E-state index is 13.2. The molecule has 1 fully saturated rings. The van der Waals surface area contributed by atoms with Crippen LogP contribution < -0.4 is 0 Å². The molecule has 3 unspecified atom stereocenters. The van der Waals surface area contributed by atoms with Crippen LogP contribution in [0.4, 0.5) is 8.78 Å². The van der Waals surface area contributed by atoms with Gasteiger partial charge in [0.25, 0.3) is 0 Å². The summed E-state index contributed by atoms with van der Waals surface area (Å²) in [4.78, 5) is 12.3. The van der Waals surface area contributed by atoms with Crippen molar-refractivity contribution < 1.29 is 18.3 Å². The summed E-state index contributed by atoms with van der Waals surface area (Å²) in [6.45, 7) is 6.22. The van der Waals surface area contributed by atoms with Gasteiger partial charge in [0.05, 0.1) is 6.61 Å². The Labute approximate surface area is 130 Å². The van der Waals surface area contributed by atoms with Crippen LogP contribution in [0.2, 0.25) is 0 Å². The summed E-state index contributed by atoms with van der Waals surface area (Å²) in [5.41, 5.74) is 0.420. The summed E-state index contributed by atoms with van der Waals surface area (Å²) in [6.07, 6.45) is 1.85. The Bertz CT molecular complexity index is 508. The first-order valence-corrected chi connectivity index (χ1v) is 7.94. The van der Waals surface area contributed by atoms with Crippen molar-refractivity contribution in [2.24, 2.45) is 17.8 Å². The first kappa shape index (κ1) is 17.1. The Hall–Kier alpha value is -1.29. The van der Waals surface area contributed by atoms with Gasteiger partial charge in [-0.1, -0.05) is 20.8 Å². The molecule has 0 radical (unpaired) electrons. The number of hydrogen-bond donors (Lipinski definition) is 0. The molecule has 1 aromatic rings. The van der Waals surface area contributed by atoms with E-state index in [-0.39, 0.29) is 18.3 Å². The highest BCUT2D eigenvalue weighted by Gasteiger charge is 2.36. The highest BCUT2D eigenvalue weighted by atomic mass is 19.1. The molecule has 0 saturated heterocycles. The molecule has 2 rings (SSSR count).